The summed E-state index contributed by atoms with van der Waals surface area (Å²) in [6, 6.07) is 5.61. The second-order valence-corrected chi connectivity index (χ2v) is 9.72. The Labute approximate surface area is 191 Å². The van der Waals surface area contributed by atoms with Gasteiger partial charge in [-0.05, 0) is 45.0 Å². The zero-order chi connectivity index (χ0) is 25.0. The number of benzene rings is 1. The summed E-state index contributed by atoms with van der Waals surface area (Å²) in [5, 5.41) is 20.9. The van der Waals surface area contributed by atoms with Gasteiger partial charge in [0.25, 0.3) is 0 Å². The van der Waals surface area contributed by atoms with E-state index in [4.69, 9.17) is 0 Å². The average molecular weight is 488 g/mol. The number of phenols is 1. The molecule has 2 rings (SSSR count). The molecular weight excluding hydrogens is 465 g/mol. The lowest BCUT2D eigenvalue weighted by atomic mass is 10.0. The molecule has 0 saturated carbocycles. The lowest BCUT2D eigenvalue weighted by molar-refractivity contribution is -0.274. The summed E-state index contributed by atoms with van der Waals surface area (Å²) in [4.78, 5) is 15.5. The van der Waals surface area contributed by atoms with Gasteiger partial charge in [0.2, 0.25) is 0 Å². The van der Waals surface area contributed by atoms with Gasteiger partial charge in [-0.3, -0.25) is 4.98 Å². The number of rotatable bonds is 7. The summed E-state index contributed by atoms with van der Waals surface area (Å²) in [7, 11) is 1.21. The van der Waals surface area contributed by atoms with E-state index >= 15 is 0 Å². The first kappa shape index (κ1) is 26.4. The van der Waals surface area contributed by atoms with Crippen molar-refractivity contribution in [1.29, 1.82) is 0 Å². The number of hydrogen-bond donors (Lipinski definition) is 2. The molecule has 1 aromatic heterocycles. The Hall–Kier alpha value is -2.83. The maximum atomic E-state index is 12.6. The molecule has 8 nitrogen and oxygen atoms in total. The van der Waals surface area contributed by atoms with Crippen molar-refractivity contribution in [3.8, 4) is 11.5 Å². The van der Waals surface area contributed by atoms with Gasteiger partial charge in [0.1, 0.15) is 39.4 Å². The molecule has 0 aliphatic heterocycles. The number of methoxy groups -OCH3 is 1. The third-order valence-corrected chi connectivity index (χ3v) is 5.60. The third kappa shape index (κ3) is 7.62. The van der Waals surface area contributed by atoms with Crippen LogP contribution in [0.5, 0.6) is 11.5 Å². The van der Waals surface area contributed by atoms with Crippen LogP contribution in [0.4, 0.5) is 13.2 Å². The fourth-order valence-corrected chi connectivity index (χ4v) is 3.16. The highest BCUT2D eigenvalue weighted by atomic mass is 32.2. The van der Waals surface area contributed by atoms with Gasteiger partial charge < -0.3 is 24.2 Å². The smallest absolute Gasteiger partial charge is 0.573 e. The quantitative estimate of drug-likeness (QED) is 0.345. The molecule has 33 heavy (non-hydrogen) atoms. The van der Waals surface area contributed by atoms with E-state index in [9.17, 15) is 32.7 Å². The Bertz CT molecular complexity index is 1010. The standard InChI is InChI=1S/C21H23F3N2O6S/c1-20(2,3)33(30)26-16(14-7-6-13(9-17(14)27)32-21(22,23)24)10-18(28)15-8-5-12(11-25-15)19(29)31-4/h5-9,11,18,27-28H,10H2,1-4H3/b26-16+/t18-,33-/m0/s1. The second kappa shape index (κ2) is 10.4. The molecule has 2 N–H and O–H groups in total. The highest BCUT2D eigenvalue weighted by molar-refractivity contribution is 7.91. The number of alkyl halides is 3. The first-order valence-electron chi connectivity index (χ1n) is 9.52. The van der Waals surface area contributed by atoms with Gasteiger partial charge in [-0.1, -0.05) is 4.40 Å². The molecule has 0 fully saturated rings. The van der Waals surface area contributed by atoms with Gasteiger partial charge in [0.05, 0.1) is 18.4 Å². The van der Waals surface area contributed by atoms with Crippen LogP contribution >= 0.6 is 0 Å². The van der Waals surface area contributed by atoms with E-state index in [0.717, 1.165) is 18.2 Å². The fraction of sp³-hybridized carbons (Fsp3) is 0.381. The van der Waals surface area contributed by atoms with Crippen LogP contribution in [0.1, 0.15) is 54.9 Å². The summed E-state index contributed by atoms with van der Waals surface area (Å²) >= 11 is -1.81. The SMILES string of the molecule is COC(=O)c1ccc([C@@H](O)C/C(=N\[S@@+]([O-])C(C)(C)C)c2ccc(OC(F)(F)F)cc2O)nc1. The Morgan fingerprint density at radius 2 is 1.91 bits per heavy atom. The maximum Gasteiger partial charge on any atom is 0.573 e. The Morgan fingerprint density at radius 1 is 1.24 bits per heavy atom. The number of aromatic nitrogens is 1. The van der Waals surface area contributed by atoms with E-state index in [1.54, 1.807) is 20.8 Å². The fourth-order valence-electron chi connectivity index (χ4n) is 2.51. The van der Waals surface area contributed by atoms with Crippen LogP contribution < -0.4 is 4.74 Å². The number of ether oxygens (including phenoxy) is 2. The number of carbonyl (C=O) groups excluding carboxylic acids is 1. The molecule has 0 spiro atoms. The number of pyridine rings is 1. The normalized spacial score (nSPS) is 14.5. The van der Waals surface area contributed by atoms with E-state index in [1.807, 2.05) is 0 Å². The zero-order valence-corrected chi connectivity index (χ0v) is 19.0. The predicted molar refractivity (Wildman–Crippen MR) is 114 cm³/mol. The van der Waals surface area contributed by atoms with E-state index < -0.39 is 46.0 Å². The van der Waals surface area contributed by atoms with Crippen molar-refractivity contribution in [2.45, 2.75) is 44.4 Å². The average Bonchev–Trinajstić information content (AvgIpc) is 2.71. The maximum absolute atomic E-state index is 12.6. The molecule has 0 aliphatic rings. The second-order valence-electron chi connectivity index (χ2n) is 7.81. The molecule has 1 aromatic carbocycles. The molecule has 0 aliphatic carbocycles. The number of hydrogen-bond acceptors (Lipinski definition) is 8. The topological polar surface area (TPSA) is 124 Å². The molecule has 180 valence electrons. The van der Waals surface area contributed by atoms with Gasteiger partial charge >= 0.3 is 12.3 Å². The van der Waals surface area contributed by atoms with Crippen molar-refractivity contribution < 1.29 is 42.2 Å². The van der Waals surface area contributed by atoms with E-state index in [-0.39, 0.29) is 29.0 Å². The zero-order valence-electron chi connectivity index (χ0n) is 18.2. The molecule has 0 bridgehead atoms. The Balaban J connectivity index is 2.39. The molecule has 0 unspecified atom stereocenters. The van der Waals surface area contributed by atoms with Crippen molar-refractivity contribution in [2.24, 2.45) is 4.40 Å². The van der Waals surface area contributed by atoms with Crippen molar-refractivity contribution in [1.82, 2.24) is 4.98 Å². The minimum atomic E-state index is -4.95. The lowest BCUT2D eigenvalue weighted by Gasteiger charge is -2.21. The number of esters is 1. The summed E-state index contributed by atoms with van der Waals surface area (Å²) in [5.41, 5.74) is 0.250. The molecule has 0 radical (unpaired) electrons. The highest BCUT2D eigenvalue weighted by Gasteiger charge is 2.32. The monoisotopic (exact) mass is 488 g/mol. The van der Waals surface area contributed by atoms with E-state index in [2.05, 4.69) is 18.9 Å². The van der Waals surface area contributed by atoms with E-state index in [1.165, 1.54) is 25.4 Å². The van der Waals surface area contributed by atoms with Crippen LogP contribution in [-0.4, -0.2) is 49.6 Å². The van der Waals surface area contributed by atoms with Crippen LogP contribution in [0.15, 0.2) is 40.9 Å². The number of phenolic OH excluding ortho intramolecular Hbond substituents is 1. The molecule has 1 heterocycles. The van der Waals surface area contributed by atoms with Crippen LogP contribution in [0.3, 0.4) is 0 Å². The molecule has 0 amide bonds. The number of aliphatic hydroxyl groups excluding tert-OH is 1. The van der Waals surface area contributed by atoms with Crippen LogP contribution in [0.25, 0.3) is 0 Å². The van der Waals surface area contributed by atoms with Crippen LogP contribution in [-0.2, 0) is 16.1 Å². The van der Waals surface area contributed by atoms with Gasteiger partial charge in [-0.15, -0.1) is 13.2 Å². The van der Waals surface area contributed by atoms with Gasteiger partial charge in [0, 0.05) is 24.2 Å². The van der Waals surface area contributed by atoms with Gasteiger partial charge in [-0.2, -0.15) is 0 Å². The first-order valence-corrected chi connectivity index (χ1v) is 10.6. The minimum Gasteiger partial charge on any atom is -0.591 e. The number of aliphatic hydroxyl groups is 1. The largest absolute Gasteiger partial charge is 0.591 e. The number of nitrogens with zero attached hydrogens (tertiary/aromatic N) is 2. The summed E-state index contributed by atoms with van der Waals surface area (Å²) in [6.45, 7) is 4.98. The molecule has 2 aromatic rings. The van der Waals surface area contributed by atoms with Crippen LogP contribution in [0.2, 0.25) is 0 Å². The first-order chi connectivity index (χ1) is 15.2. The number of aromatic hydroxyl groups is 1. The summed E-state index contributed by atoms with van der Waals surface area (Å²) in [5.74, 6) is -1.87. The summed E-state index contributed by atoms with van der Waals surface area (Å²) in [6.07, 6.45) is -5.32. The van der Waals surface area contributed by atoms with Crippen molar-refractivity contribution in [3.05, 3.63) is 53.3 Å². The lowest BCUT2D eigenvalue weighted by Crippen LogP contribution is -2.27. The summed E-state index contributed by atoms with van der Waals surface area (Å²) < 4.78 is 61.7. The highest BCUT2D eigenvalue weighted by Crippen LogP contribution is 2.31. The Morgan fingerprint density at radius 3 is 2.39 bits per heavy atom. The Kier molecular flexibility index (Phi) is 8.33. The molecule has 2 atom stereocenters. The predicted octanol–water partition coefficient (Wildman–Crippen LogP) is 3.85. The molecule has 12 heteroatoms. The van der Waals surface area contributed by atoms with Gasteiger partial charge in [-0.25, -0.2) is 4.79 Å². The van der Waals surface area contributed by atoms with Crippen molar-refractivity contribution in [2.75, 3.05) is 7.11 Å². The molecular formula is C21H23F3N2O6S. The number of carbonyl (C=O) groups is 1. The van der Waals surface area contributed by atoms with Crippen LogP contribution in [0, 0.1) is 0 Å². The number of halogens is 3. The van der Waals surface area contributed by atoms with Gasteiger partial charge in [0.15, 0.2) is 0 Å². The van der Waals surface area contributed by atoms with E-state index in [0.29, 0.717) is 0 Å². The minimum absolute atomic E-state index is 0.0225. The molecule has 0 saturated heterocycles. The van der Waals surface area contributed by atoms with Crippen molar-refractivity contribution >= 4 is 23.0 Å². The van der Waals surface area contributed by atoms with Crippen molar-refractivity contribution in [3.63, 3.8) is 0 Å². The third-order valence-electron chi connectivity index (χ3n) is 4.17.